The molecule has 3 heteroatoms. The number of hydrogen-bond acceptors (Lipinski definition) is 3. The van der Waals surface area contributed by atoms with Crippen LogP contribution >= 0.6 is 0 Å². The quantitative estimate of drug-likeness (QED) is 0.778. The van der Waals surface area contributed by atoms with Crippen molar-refractivity contribution in [1.29, 1.82) is 0 Å². The van der Waals surface area contributed by atoms with Gasteiger partial charge in [-0.25, -0.2) is 0 Å². The molecule has 0 aliphatic heterocycles. The van der Waals surface area contributed by atoms with E-state index in [2.05, 4.69) is 5.32 Å². The minimum Gasteiger partial charge on any atom is -0.472 e. The molecule has 0 saturated heterocycles. The molecule has 2 rings (SSSR count). The molecule has 0 aromatic carbocycles. The van der Waals surface area contributed by atoms with Crippen LogP contribution in [0.3, 0.4) is 0 Å². The fourth-order valence-electron chi connectivity index (χ4n) is 2.27. The van der Waals surface area contributed by atoms with Gasteiger partial charge in [-0.3, -0.25) is 0 Å². The second-order valence-corrected chi connectivity index (χ2v) is 4.37. The van der Waals surface area contributed by atoms with Crippen LogP contribution in [-0.2, 0) is 6.54 Å². The normalized spacial score (nSPS) is 19.5. The summed E-state index contributed by atoms with van der Waals surface area (Å²) >= 11 is 0. The largest absolute Gasteiger partial charge is 0.472 e. The monoisotopic (exact) mass is 209 g/mol. The van der Waals surface area contributed by atoms with Gasteiger partial charge in [0, 0.05) is 18.7 Å². The smallest absolute Gasteiger partial charge is 0.0947 e. The van der Waals surface area contributed by atoms with Crippen LogP contribution in [0.4, 0.5) is 0 Å². The van der Waals surface area contributed by atoms with Crippen LogP contribution in [0, 0.1) is 5.92 Å². The van der Waals surface area contributed by atoms with Crippen molar-refractivity contribution in [2.45, 2.75) is 38.3 Å². The van der Waals surface area contributed by atoms with Crippen LogP contribution in [-0.4, -0.2) is 17.8 Å². The zero-order valence-corrected chi connectivity index (χ0v) is 8.98. The van der Waals surface area contributed by atoms with Gasteiger partial charge in [-0.15, -0.1) is 0 Å². The summed E-state index contributed by atoms with van der Waals surface area (Å²) in [7, 11) is 0. The molecule has 1 saturated carbocycles. The average Bonchev–Trinajstić information content (AvgIpc) is 2.90. The van der Waals surface area contributed by atoms with Crippen molar-refractivity contribution < 1.29 is 9.52 Å². The van der Waals surface area contributed by atoms with Crippen LogP contribution in [0.5, 0.6) is 0 Å². The summed E-state index contributed by atoms with van der Waals surface area (Å²) in [5.41, 5.74) is 1.13. The van der Waals surface area contributed by atoms with Crippen LogP contribution in [0.1, 0.15) is 31.2 Å². The second kappa shape index (κ2) is 5.33. The third kappa shape index (κ3) is 3.08. The van der Waals surface area contributed by atoms with E-state index in [4.69, 9.17) is 4.42 Å². The van der Waals surface area contributed by atoms with E-state index in [1.807, 2.05) is 6.07 Å². The third-order valence-corrected chi connectivity index (χ3v) is 3.21. The van der Waals surface area contributed by atoms with Crippen LogP contribution in [0.25, 0.3) is 0 Å². The fourth-order valence-corrected chi connectivity index (χ4v) is 2.27. The first kappa shape index (κ1) is 10.7. The summed E-state index contributed by atoms with van der Waals surface area (Å²) in [5.74, 6) is 0.516. The number of aliphatic hydroxyl groups excluding tert-OH is 1. The zero-order chi connectivity index (χ0) is 10.5. The van der Waals surface area contributed by atoms with Gasteiger partial charge in [0.05, 0.1) is 18.6 Å². The molecule has 0 bridgehead atoms. The van der Waals surface area contributed by atoms with Gasteiger partial charge < -0.3 is 14.8 Å². The highest BCUT2D eigenvalue weighted by molar-refractivity contribution is 5.04. The molecule has 0 radical (unpaired) electrons. The molecule has 1 aliphatic carbocycles. The Morgan fingerprint density at radius 1 is 1.47 bits per heavy atom. The van der Waals surface area contributed by atoms with Crippen molar-refractivity contribution in [1.82, 2.24) is 5.32 Å². The van der Waals surface area contributed by atoms with Crippen molar-refractivity contribution in [2.24, 2.45) is 5.92 Å². The maximum Gasteiger partial charge on any atom is 0.0947 e. The van der Waals surface area contributed by atoms with Gasteiger partial charge >= 0.3 is 0 Å². The SMILES string of the molecule is OC(CNCc1ccoc1)C1CCCC1. The number of furan rings is 1. The van der Waals surface area contributed by atoms with Gasteiger partial charge in [0.15, 0.2) is 0 Å². The molecule has 1 aromatic heterocycles. The van der Waals surface area contributed by atoms with Crippen molar-refractivity contribution in [3.8, 4) is 0 Å². The van der Waals surface area contributed by atoms with Crippen LogP contribution in [0.2, 0.25) is 0 Å². The molecule has 1 fully saturated rings. The number of aliphatic hydroxyl groups is 1. The van der Waals surface area contributed by atoms with Gasteiger partial charge in [-0.2, -0.15) is 0 Å². The minimum atomic E-state index is -0.181. The van der Waals surface area contributed by atoms with Crippen molar-refractivity contribution in [2.75, 3.05) is 6.54 Å². The van der Waals surface area contributed by atoms with E-state index < -0.39 is 0 Å². The molecular weight excluding hydrogens is 190 g/mol. The van der Waals surface area contributed by atoms with Crippen molar-refractivity contribution in [3.63, 3.8) is 0 Å². The Balaban J connectivity index is 1.64. The van der Waals surface area contributed by atoms with Gasteiger partial charge in [0.25, 0.3) is 0 Å². The highest BCUT2D eigenvalue weighted by atomic mass is 16.3. The highest BCUT2D eigenvalue weighted by Gasteiger charge is 2.22. The van der Waals surface area contributed by atoms with Crippen molar-refractivity contribution in [3.05, 3.63) is 24.2 Å². The molecule has 15 heavy (non-hydrogen) atoms. The summed E-state index contributed by atoms with van der Waals surface area (Å²) in [6.07, 6.45) is 8.16. The Bertz CT molecular complexity index is 265. The second-order valence-electron chi connectivity index (χ2n) is 4.37. The lowest BCUT2D eigenvalue weighted by Gasteiger charge is -2.17. The molecule has 84 valence electrons. The Hall–Kier alpha value is -0.800. The first-order chi connectivity index (χ1) is 7.36. The standard InChI is InChI=1S/C12H19NO2/c14-12(11-3-1-2-4-11)8-13-7-10-5-6-15-9-10/h5-6,9,11-14H,1-4,7-8H2. The number of hydrogen-bond donors (Lipinski definition) is 2. The van der Waals surface area contributed by atoms with E-state index >= 15 is 0 Å². The summed E-state index contributed by atoms with van der Waals surface area (Å²) in [6, 6.07) is 1.94. The molecule has 1 heterocycles. The predicted octanol–water partition coefficient (Wildman–Crippen LogP) is 1.92. The Morgan fingerprint density at radius 2 is 2.27 bits per heavy atom. The molecule has 1 aromatic rings. The van der Waals surface area contributed by atoms with Gasteiger partial charge in [0.1, 0.15) is 0 Å². The molecule has 3 nitrogen and oxygen atoms in total. The van der Waals surface area contributed by atoms with E-state index in [1.54, 1.807) is 12.5 Å². The minimum absolute atomic E-state index is 0.181. The lowest BCUT2D eigenvalue weighted by Crippen LogP contribution is -2.31. The first-order valence-corrected chi connectivity index (χ1v) is 5.76. The maximum atomic E-state index is 9.89. The molecule has 1 aliphatic rings. The highest BCUT2D eigenvalue weighted by Crippen LogP contribution is 2.27. The molecule has 1 atom stereocenters. The third-order valence-electron chi connectivity index (χ3n) is 3.21. The van der Waals surface area contributed by atoms with Crippen molar-refractivity contribution >= 4 is 0 Å². The van der Waals surface area contributed by atoms with E-state index in [1.165, 1.54) is 25.7 Å². The average molecular weight is 209 g/mol. The molecule has 0 amide bonds. The Labute approximate surface area is 90.5 Å². The molecule has 0 spiro atoms. The van der Waals surface area contributed by atoms with E-state index in [0.29, 0.717) is 12.5 Å². The summed E-state index contributed by atoms with van der Waals surface area (Å²) in [4.78, 5) is 0. The van der Waals surface area contributed by atoms with E-state index in [-0.39, 0.29) is 6.10 Å². The van der Waals surface area contributed by atoms with E-state index in [0.717, 1.165) is 12.1 Å². The van der Waals surface area contributed by atoms with Crippen LogP contribution < -0.4 is 5.32 Å². The predicted molar refractivity (Wildman–Crippen MR) is 58.4 cm³/mol. The van der Waals surface area contributed by atoms with Gasteiger partial charge in [-0.05, 0) is 24.8 Å². The molecular formula is C12H19NO2. The first-order valence-electron chi connectivity index (χ1n) is 5.76. The summed E-state index contributed by atoms with van der Waals surface area (Å²) < 4.78 is 4.97. The van der Waals surface area contributed by atoms with Gasteiger partial charge in [-0.1, -0.05) is 12.8 Å². The lowest BCUT2D eigenvalue weighted by molar-refractivity contribution is 0.109. The molecule has 1 unspecified atom stereocenters. The van der Waals surface area contributed by atoms with Gasteiger partial charge in [0.2, 0.25) is 0 Å². The maximum absolute atomic E-state index is 9.89. The Kier molecular flexibility index (Phi) is 3.80. The topological polar surface area (TPSA) is 45.4 Å². The lowest BCUT2D eigenvalue weighted by atomic mass is 10.0. The Morgan fingerprint density at radius 3 is 2.93 bits per heavy atom. The number of nitrogens with one attached hydrogen (secondary N) is 1. The van der Waals surface area contributed by atoms with E-state index in [9.17, 15) is 5.11 Å². The summed E-state index contributed by atoms with van der Waals surface area (Å²) in [6.45, 7) is 1.47. The number of rotatable bonds is 5. The fraction of sp³-hybridized carbons (Fsp3) is 0.667. The zero-order valence-electron chi connectivity index (χ0n) is 8.98. The van der Waals surface area contributed by atoms with Crippen LogP contribution in [0.15, 0.2) is 23.0 Å². The molecule has 2 N–H and O–H groups in total. The summed E-state index contributed by atoms with van der Waals surface area (Å²) in [5, 5.41) is 13.1.